The largest absolute Gasteiger partial charge is 0.314 e. The zero-order valence-corrected chi connectivity index (χ0v) is 15.0. The number of hydrogen-bond donors (Lipinski definition) is 1. The van der Waals surface area contributed by atoms with Gasteiger partial charge in [0.1, 0.15) is 0 Å². The molecule has 1 aliphatic heterocycles. The van der Waals surface area contributed by atoms with Crippen molar-refractivity contribution < 1.29 is 0 Å². The molecule has 0 amide bonds. The van der Waals surface area contributed by atoms with Crippen molar-refractivity contribution in [3.8, 4) is 0 Å². The van der Waals surface area contributed by atoms with Gasteiger partial charge in [0.05, 0.1) is 0 Å². The lowest BCUT2D eigenvalue weighted by Gasteiger charge is -2.36. The monoisotopic (exact) mass is 352 g/mol. The lowest BCUT2D eigenvalue weighted by molar-refractivity contribution is 0.161. The van der Waals surface area contributed by atoms with Crippen LogP contribution in [0.5, 0.6) is 0 Å². The maximum absolute atomic E-state index is 3.49. The molecule has 1 saturated heterocycles. The molecule has 1 atom stereocenters. The van der Waals surface area contributed by atoms with E-state index in [1.807, 2.05) is 0 Å². The van der Waals surface area contributed by atoms with Crippen LogP contribution < -0.4 is 5.32 Å². The van der Waals surface area contributed by atoms with Crippen LogP contribution in [-0.2, 0) is 0 Å². The molecular formula is C19H26Cl2N2. The first-order valence-corrected chi connectivity index (χ1v) is 8.34. The predicted octanol–water partition coefficient (Wildman–Crippen LogP) is 4.43. The van der Waals surface area contributed by atoms with Crippen LogP contribution in [0.15, 0.2) is 42.5 Å². The lowest BCUT2D eigenvalue weighted by Crippen LogP contribution is -2.45. The Kier molecular flexibility index (Phi) is 6.72. The van der Waals surface area contributed by atoms with Crippen LogP contribution in [0, 0.1) is 5.92 Å². The molecule has 1 saturated carbocycles. The molecule has 2 aliphatic rings. The van der Waals surface area contributed by atoms with Gasteiger partial charge in [0, 0.05) is 32.2 Å². The molecule has 2 nitrogen and oxygen atoms in total. The second-order valence-electron chi connectivity index (χ2n) is 6.55. The van der Waals surface area contributed by atoms with Gasteiger partial charge in [-0.05, 0) is 28.7 Å². The number of piperazine rings is 1. The summed E-state index contributed by atoms with van der Waals surface area (Å²) in [6.07, 6.45) is 4.22. The van der Waals surface area contributed by atoms with E-state index in [1.54, 1.807) is 5.56 Å². The second kappa shape index (κ2) is 8.34. The third-order valence-electron chi connectivity index (χ3n) is 5.03. The second-order valence-corrected chi connectivity index (χ2v) is 6.55. The Morgan fingerprint density at radius 1 is 0.957 bits per heavy atom. The van der Waals surface area contributed by atoms with E-state index in [4.69, 9.17) is 0 Å². The maximum Gasteiger partial charge on any atom is 0.0357 e. The summed E-state index contributed by atoms with van der Waals surface area (Å²) in [5.74, 6) is 0.962. The third-order valence-corrected chi connectivity index (χ3v) is 5.03. The fourth-order valence-electron chi connectivity index (χ4n) is 3.68. The molecule has 2 aromatic rings. The number of fused-ring (bicyclic) bond motifs is 1. The van der Waals surface area contributed by atoms with E-state index < -0.39 is 0 Å². The molecule has 0 spiro atoms. The summed E-state index contributed by atoms with van der Waals surface area (Å²) in [5, 5.41) is 6.31. The van der Waals surface area contributed by atoms with Crippen LogP contribution in [0.1, 0.15) is 30.9 Å². The van der Waals surface area contributed by atoms with Crippen molar-refractivity contribution in [3.63, 3.8) is 0 Å². The number of rotatable bonds is 4. The number of halogens is 2. The zero-order chi connectivity index (χ0) is 14.1. The molecule has 1 heterocycles. The Morgan fingerprint density at radius 3 is 2.39 bits per heavy atom. The normalized spacial score (nSPS) is 19.7. The van der Waals surface area contributed by atoms with Crippen molar-refractivity contribution in [2.45, 2.75) is 25.3 Å². The van der Waals surface area contributed by atoms with E-state index in [-0.39, 0.29) is 24.8 Å². The van der Waals surface area contributed by atoms with Crippen LogP contribution in [0.25, 0.3) is 10.8 Å². The quantitative estimate of drug-likeness (QED) is 0.875. The average molecular weight is 353 g/mol. The predicted molar refractivity (Wildman–Crippen MR) is 103 cm³/mol. The Hall–Kier alpha value is -0.800. The molecular weight excluding hydrogens is 327 g/mol. The van der Waals surface area contributed by atoms with Crippen molar-refractivity contribution in [2.75, 3.05) is 26.2 Å². The first kappa shape index (κ1) is 18.5. The van der Waals surface area contributed by atoms with E-state index in [2.05, 4.69) is 52.7 Å². The molecule has 1 aliphatic carbocycles. The highest BCUT2D eigenvalue weighted by Gasteiger charge is 2.31. The summed E-state index contributed by atoms with van der Waals surface area (Å²) in [6.45, 7) is 4.62. The van der Waals surface area contributed by atoms with Gasteiger partial charge in [-0.1, -0.05) is 55.3 Å². The Balaban J connectivity index is 0.000000960. The van der Waals surface area contributed by atoms with Gasteiger partial charge >= 0.3 is 0 Å². The summed E-state index contributed by atoms with van der Waals surface area (Å²) in [6, 6.07) is 16.3. The molecule has 23 heavy (non-hydrogen) atoms. The van der Waals surface area contributed by atoms with Crippen molar-refractivity contribution in [1.82, 2.24) is 10.2 Å². The molecule has 2 fully saturated rings. The molecule has 2 aromatic carbocycles. The summed E-state index contributed by atoms with van der Waals surface area (Å²) in [7, 11) is 0. The first-order chi connectivity index (χ1) is 10.4. The van der Waals surface area contributed by atoms with Gasteiger partial charge < -0.3 is 5.32 Å². The number of nitrogens with one attached hydrogen (secondary N) is 1. The van der Waals surface area contributed by atoms with Crippen LogP contribution in [-0.4, -0.2) is 31.1 Å². The van der Waals surface area contributed by atoms with Gasteiger partial charge in [-0.25, -0.2) is 0 Å². The van der Waals surface area contributed by atoms with Crippen molar-refractivity contribution in [2.24, 2.45) is 5.92 Å². The summed E-state index contributed by atoms with van der Waals surface area (Å²) in [5.41, 5.74) is 1.54. The minimum Gasteiger partial charge on any atom is -0.314 e. The van der Waals surface area contributed by atoms with Crippen LogP contribution in [0.2, 0.25) is 0 Å². The minimum absolute atomic E-state index is 0. The number of nitrogens with zero attached hydrogens (tertiary/aromatic N) is 1. The van der Waals surface area contributed by atoms with Gasteiger partial charge in [-0.3, -0.25) is 4.90 Å². The van der Waals surface area contributed by atoms with Crippen molar-refractivity contribution in [1.29, 1.82) is 0 Å². The Labute approximate surface area is 151 Å². The van der Waals surface area contributed by atoms with Crippen molar-refractivity contribution >= 4 is 35.6 Å². The molecule has 4 heteroatoms. The minimum atomic E-state index is 0. The number of benzene rings is 2. The van der Waals surface area contributed by atoms with E-state index >= 15 is 0 Å². The van der Waals surface area contributed by atoms with E-state index in [9.17, 15) is 0 Å². The summed E-state index contributed by atoms with van der Waals surface area (Å²) in [4.78, 5) is 2.70. The third kappa shape index (κ3) is 4.19. The molecule has 4 rings (SSSR count). The topological polar surface area (TPSA) is 15.3 Å². The van der Waals surface area contributed by atoms with Crippen molar-refractivity contribution in [3.05, 3.63) is 48.0 Å². The average Bonchev–Trinajstić information content (AvgIpc) is 3.37. The highest BCUT2D eigenvalue weighted by Crippen LogP contribution is 2.41. The van der Waals surface area contributed by atoms with Crippen LogP contribution in [0.4, 0.5) is 0 Å². The molecule has 0 unspecified atom stereocenters. The van der Waals surface area contributed by atoms with E-state index in [0.29, 0.717) is 6.04 Å². The lowest BCUT2D eigenvalue weighted by atomic mass is 9.93. The van der Waals surface area contributed by atoms with E-state index in [1.165, 1.54) is 43.1 Å². The number of hydrogen-bond acceptors (Lipinski definition) is 2. The summed E-state index contributed by atoms with van der Waals surface area (Å²) >= 11 is 0. The Morgan fingerprint density at radius 2 is 1.65 bits per heavy atom. The Bertz CT molecular complexity index is 616. The fraction of sp³-hybridized carbons (Fsp3) is 0.474. The SMILES string of the molecule is Cl.Cl.c1ccc2c([C@H](CC3CC3)N3CCNCC3)cccc2c1. The maximum atomic E-state index is 3.49. The fourth-order valence-corrected chi connectivity index (χ4v) is 3.68. The van der Waals surface area contributed by atoms with Crippen LogP contribution >= 0.6 is 24.8 Å². The summed E-state index contributed by atoms with van der Waals surface area (Å²) < 4.78 is 0. The molecule has 0 aromatic heterocycles. The molecule has 0 bridgehead atoms. The molecule has 0 radical (unpaired) electrons. The zero-order valence-electron chi connectivity index (χ0n) is 13.4. The molecule has 126 valence electrons. The van der Waals surface area contributed by atoms with Crippen LogP contribution in [0.3, 0.4) is 0 Å². The molecule has 1 N–H and O–H groups in total. The van der Waals surface area contributed by atoms with Gasteiger partial charge in [0.15, 0.2) is 0 Å². The van der Waals surface area contributed by atoms with E-state index in [0.717, 1.165) is 19.0 Å². The van der Waals surface area contributed by atoms with Gasteiger partial charge in [-0.15, -0.1) is 24.8 Å². The van der Waals surface area contributed by atoms with Gasteiger partial charge in [0.25, 0.3) is 0 Å². The highest BCUT2D eigenvalue weighted by molar-refractivity contribution is 5.86. The standard InChI is InChI=1S/C19H24N2.2ClH/c1-2-6-17-16(4-1)5-3-7-18(17)19(14-15-8-9-15)21-12-10-20-11-13-21;;/h1-7,15,19-20H,8-14H2;2*1H/t19-;;/m0../s1. The van der Waals surface area contributed by atoms with Gasteiger partial charge in [-0.2, -0.15) is 0 Å². The smallest absolute Gasteiger partial charge is 0.0357 e. The first-order valence-electron chi connectivity index (χ1n) is 8.34. The highest BCUT2D eigenvalue weighted by atomic mass is 35.5. The van der Waals surface area contributed by atoms with Gasteiger partial charge in [0.2, 0.25) is 0 Å².